The van der Waals surface area contributed by atoms with Gasteiger partial charge in [-0.3, -0.25) is 9.10 Å². The van der Waals surface area contributed by atoms with Crippen LogP contribution in [0.1, 0.15) is 18.1 Å². The van der Waals surface area contributed by atoms with E-state index in [0.717, 1.165) is 27.9 Å². The maximum Gasteiger partial charge on any atom is 0.268 e. The Morgan fingerprint density at radius 3 is 2.41 bits per heavy atom. The van der Waals surface area contributed by atoms with Crippen LogP contribution in [0.5, 0.6) is 5.75 Å². The number of halogens is 1. The van der Waals surface area contributed by atoms with Gasteiger partial charge in [0.2, 0.25) is 5.91 Å². The van der Waals surface area contributed by atoms with Crippen molar-refractivity contribution in [3.05, 3.63) is 83.7 Å². The molecule has 3 rings (SSSR count). The highest BCUT2D eigenvalue weighted by Gasteiger charge is 2.30. The van der Waals surface area contributed by atoms with Crippen LogP contribution in [0.2, 0.25) is 0 Å². The molecule has 0 saturated carbocycles. The Hall–Kier alpha value is -3.39. The molecule has 0 aromatic heterocycles. The van der Waals surface area contributed by atoms with Crippen molar-refractivity contribution in [2.45, 2.75) is 25.2 Å². The highest BCUT2D eigenvalue weighted by molar-refractivity contribution is 7.93. The van der Waals surface area contributed by atoms with Gasteiger partial charge in [0.1, 0.15) is 23.0 Å². The number of nitrogens with zero attached hydrogens (tertiary/aromatic N) is 1. The number of rotatable bonds is 8. The minimum absolute atomic E-state index is 0.0434. The van der Waals surface area contributed by atoms with Crippen molar-refractivity contribution >= 4 is 27.3 Å². The van der Waals surface area contributed by atoms with Crippen molar-refractivity contribution in [2.75, 3.05) is 23.3 Å². The summed E-state index contributed by atoms with van der Waals surface area (Å²) in [6.07, 6.45) is 0.790. The Bertz CT molecular complexity index is 1210. The lowest BCUT2D eigenvalue weighted by atomic mass is 10.1. The first-order valence-corrected chi connectivity index (χ1v) is 11.5. The fourth-order valence-corrected chi connectivity index (χ4v) is 4.88. The zero-order valence-corrected chi connectivity index (χ0v) is 18.9. The monoisotopic (exact) mass is 456 g/mol. The lowest BCUT2D eigenvalue weighted by Crippen LogP contribution is -2.38. The molecule has 3 aromatic carbocycles. The van der Waals surface area contributed by atoms with Crippen molar-refractivity contribution in [1.82, 2.24) is 0 Å². The zero-order chi connectivity index (χ0) is 23.3. The molecule has 1 N–H and O–H groups in total. The van der Waals surface area contributed by atoms with Crippen molar-refractivity contribution in [2.24, 2.45) is 0 Å². The van der Waals surface area contributed by atoms with Gasteiger partial charge in [-0.05, 0) is 66.9 Å². The Labute approximate surface area is 187 Å². The minimum atomic E-state index is -4.16. The molecule has 3 aromatic rings. The van der Waals surface area contributed by atoms with Crippen LogP contribution in [0.4, 0.5) is 15.8 Å². The number of hydrogen-bond acceptors (Lipinski definition) is 4. The summed E-state index contributed by atoms with van der Waals surface area (Å²) in [6, 6.07) is 17.2. The molecule has 0 heterocycles. The minimum Gasteiger partial charge on any atom is -0.495 e. The summed E-state index contributed by atoms with van der Waals surface area (Å²) >= 11 is 0. The molecule has 0 saturated heterocycles. The lowest BCUT2D eigenvalue weighted by molar-refractivity contribution is -0.114. The van der Waals surface area contributed by atoms with Gasteiger partial charge < -0.3 is 10.1 Å². The molecule has 0 radical (unpaired) electrons. The SMILES string of the molecule is CCc1ccc(N(CC(=O)Nc2cccc(F)c2)S(=O)(=O)c2cc(C)ccc2OC)cc1. The van der Waals surface area contributed by atoms with Crippen LogP contribution in [0, 0.1) is 12.7 Å². The first kappa shape index (κ1) is 23.3. The first-order valence-electron chi connectivity index (χ1n) is 10.1. The molecule has 0 unspecified atom stereocenters. The van der Waals surface area contributed by atoms with E-state index in [1.54, 1.807) is 31.2 Å². The molecule has 0 fully saturated rings. The van der Waals surface area contributed by atoms with Gasteiger partial charge in [-0.1, -0.05) is 31.2 Å². The number of sulfonamides is 1. The summed E-state index contributed by atoms with van der Waals surface area (Å²) in [7, 11) is -2.77. The van der Waals surface area contributed by atoms with Crippen LogP contribution in [0.3, 0.4) is 0 Å². The number of hydrogen-bond donors (Lipinski definition) is 1. The fraction of sp³-hybridized carbons (Fsp3) is 0.208. The molecule has 0 bridgehead atoms. The van der Waals surface area contributed by atoms with E-state index in [2.05, 4.69) is 5.32 Å². The molecule has 8 heteroatoms. The van der Waals surface area contributed by atoms with E-state index in [1.165, 1.54) is 31.4 Å². The van der Waals surface area contributed by atoms with E-state index in [4.69, 9.17) is 4.74 Å². The smallest absolute Gasteiger partial charge is 0.268 e. The normalized spacial score (nSPS) is 11.1. The van der Waals surface area contributed by atoms with Crippen LogP contribution < -0.4 is 14.4 Å². The van der Waals surface area contributed by atoms with Crippen LogP contribution in [-0.2, 0) is 21.2 Å². The Morgan fingerprint density at radius 1 is 1.06 bits per heavy atom. The van der Waals surface area contributed by atoms with Crippen molar-refractivity contribution in [1.29, 1.82) is 0 Å². The average Bonchev–Trinajstić information content (AvgIpc) is 2.77. The highest BCUT2D eigenvalue weighted by atomic mass is 32.2. The van der Waals surface area contributed by atoms with Gasteiger partial charge in [-0.2, -0.15) is 0 Å². The van der Waals surface area contributed by atoms with Gasteiger partial charge in [-0.15, -0.1) is 0 Å². The van der Waals surface area contributed by atoms with Crippen molar-refractivity contribution in [3.8, 4) is 5.75 Å². The fourth-order valence-electron chi connectivity index (χ4n) is 3.21. The second kappa shape index (κ2) is 9.82. The van der Waals surface area contributed by atoms with Gasteiger partial charge in [0.15, 0.2) is 0 Å². The largest absolute Gasteiger partial charge is 0.495 e. The molecule has 0 spiro atoms. The molecule has 0 aliphatic heterocycles. The number of methoxy groups -OCH3 is 1. The number of amides is 1. The first-order chi connectivity index (χ1) is 15.2. The van der Waals surface area contributed by atoms with Crippen LogP contribution >= 0.6 is 0 Å². The molecule has 0 atom stereocenters. The summed E-state index contributed by atoms with van der Waals surface area (Å²) in [5.41, 5.74) is 2.33. The Balaban J connectivity index is 2.02. The third-order valence-electron chi connectivity index (χ3n) is 4.92. The molecular weight excluding hydrogens is 431 g/mol. The number of ether oxygens (including phenoxy) is 1. The molecule has 168 valence electrons. The van der Waals surface area contributed by atoms with Crippen molar-refractivity contribution < 1.29 is 22.3 Å². The molecule has 1 amide bonds. The second-order valence-electron chi connectivity index (χ2n) is 7.24. The van der Waals surface area contributed by atoms with Crippen LogP contribution in [0.15, 0.2) is 71.6 Å². The lowest BCUT2D eigenvalue weighted by Gasteiger charge is -2.25. The number of carbonyl (C=O) groups is 1. The topological polar surface area (TPSA) is 75.7 Å². The standard InChI is InChI=1S/C24H25FN2O4S/c1-4-18-9-11-21(12-10-18)27(16-24(28)26-20-7-5-6-19(25)15-20)32(29,30)23-14-17(2)8-13-22(23)31-3/h5-15H,4,16H2,1-3H3,(H,26,28). The number of nitrogens with one attached hydrogen (secondary N) is 1. The summed E-state index contributed by atoms with van der Waals surface area (Å²) < 4.78 is 47.1. The predicted molar refractivity (Wildman–Crippen MR) is 123 cm³/mol. The Morgan fingerprint density at radius 2 is 1.78 bits per heavy atom. The molecule has 0 aliphatic carbocycles. The van der Waals surface area contributed by atoms with E-state index in [0.29, 0.717) is 5.69 Å². The maximum atomic E-state index is 13.7. The number of benzene rings is 3. The molecule has 6 nitrogen and oxygen atoms in total. The maximum absolute atomic E-state index is 13.7. The predicted octanol–water partition coefficient (Wildman–Crippen LogP) is 4.54. The third kappa shape index (κ3) is 5.26. The molecule has 0 aliphatic rings. The van der Waals surface area contributed by atoms with E-state index in [-0.39, 0.29) is 16.3 Å². The van der Waals surface area contributed by atoms with Gasteiger partial charge in [-0.25, -0.2) is 12.8 Å². The van der Waals surface area contributed by atoms with E-state index in [1.807, 2.05) is 19.1 Å². The summed E-state index contributed by atoms with van der Waals surface area (Å²) in [5, 5.41) is 2.55. The second-order valence-corrected chi connectivity index (χ2v) is 9.08. The summed E-state index contributed by atoms with van der Waals surface area (Å²) in [5.74, 6) is -0.936. The third-order valence-corrected chi connectivity index (χ3v) is 6.71. The average molecular weight is 457 g/mol. The number of anilines is 2. The molecule has 32 heavy (non-hydrogen) atoms. The zero-order valence-electron chi connectivity index (χ0n) is 18.1. The van der Waals surface area contributed by atoms with Gasteiger partial charge >= 0.3 is 0 Å². The van der Waals surface area contributed by atoms with Gasteiger partial charge in [0, 0.05) is 5.69 Å². The van der Waals surface area contributed by atoms with E-state index in [9.17, 15) is 17.6 Å². The molecular formula is C24H25FN2O4S. The Kier molecular flexibility index (Phi) is 7.15. The van der Waals surface area contributed by atoms with E-state index >= 15 is 0 Å². The van der Waals surface area contributed by atoms with Crippen LogP contribution in [0.25, 0.3) is 0 Å². The highest BCUT2D eigenvalue weighted by Crippen LogP contribution is 2.31. The number of carbonyl (C=O) groups excluding carboxylic acids is 1. The number of aryl methyl sites for hydroxylation is 2. The van der Waals surface area contributed by atoms with Crippen molar-refractivity contribution in [3.63, 3.8) is 0 Å². The van der Waals surface area contributed by atoms with E-state index < -0.39 is 28.3 Å². The van der Waals surface area contributed by atoms with Crippen LogP contribution in [-0.4, -0.2) is 28.0 Å². The van der Waals surface area contributed by atoms with Gasteiger partial charge in [0.25, 0.3) is 10.0 Å². The quantitative estimate of drug-likeness (QED) is 0.540. The summed E-state index contributed by atoms with van der Waals surface area (Å²) in [6.45, 7) is 3.27. The summed E-state index contributed by atoms with van der Waals surface area (Å²) in [4.78, 5) is 12.7. The van der Waals surface area contributed by atoms with Gasteiger partial charge in [0.05, 0.1) is 12.8 Å².